The number of amides is 3. The van der Waals surface area contributed by atoms with E-state index in [1.54, 1.807) is 16.9 Å². The predicted molar refractivity (Wildman–Crippen MR) is 109 cm³/mol. The minimum absolute atomic E-state index is 0.117. The van der Waals surface area contributed by atoms with Gasteiger partial charge in [0.25, 0.3) is 0 Å². The van der Waals surface area contributed by atoms with E-state index in [0.717, 1.165) is 31.2 Å². The van der Waals surface area contributed by atoms with E-state index in [9.17, 15) is 14.4 Å². The van der Waals surface area contributed by atoms with Gasteiger partial charge in [0.15, 0.2) is 0 Å². The number of hydrogen-bond donors (Lipinski definition) is 0. The minimum Gasteiger partial charge on any atom is -0.381 e. The van der Waals surface area contributed by atoms with Crippen LogP contribution in [0.2, 0.25) is 0 Å². The first-order chi connectivity index (χ1) is 14.1. The highest BCUT2D eigenvalue weighted by Gasteiger charge is 2.41. The highest BCUT2D eigenvalue weighted by molar-refractivity contribution is 6.35. The maximum absolute atomic E-state index is 13.5. The molecule has 2 saturated heterocycles. The van der Waals surface area contributed by atoms with Gasteiger partial charge in [0.05, 0.1) is 6.10 Å². The molecule has 158 valence electrons. The maximum Gasteiger partial charge on any atom is 0.313 e. The second-order valence-corrected chi connectivity index (χ2v) is 7.72. The smallest absolute Gasteiger partial charge is 0.313 e. The highest BCUT2D eigenvalue weighted by Crippen LogP contribution is 2.27. The maximum atomic E-state index is 13.5. The first kappa shape index (κ1) is 21.3. The van der Waals surface area contributed by atoms with Gasteiger partial charge in [-0.2, -0.15) is 0 Å². The summed E-state index contributed by atoms with van der Waals surface area (Å²) in [5.74, 6) is -1.20. The fourth-order valence-corrected chi connectivity index (χ4v) is 4.07. The van der Waals surface area contributed by atoms with Gasteiger partial charge in [-0.3, -0.25) is 14.4 Å². The Morgan fingerprint density at radius 1 is 1.07 bits per heavy atom. The zero-order valence-corrected chi connectivity index (χ0v) is 17.4. The molecule has 7 nitrogen and oxygen atoms in total. The SMILES string of the molecule is CCCCN1CCN([C@@H](C(=O)N2CCC(OC)CC2)c2ccccc2)C(=O)C1=O. The topological polar surface area (TPSA) is 70.2 Å². The Labute approximate surface area is 172 Å². The van der Waals surface area contributed by atoms with E-state index in [0.29, 0.717) is 32.7 Å². The molecule has 2 heterocycles. The van der Waals surface area contributed by atoms with Crippen molar-refractivity contribution in [3.8, 4) is 0 Å². The van der Waals surface area contributed by atoms with Crippen molar-refractivity contribution in [3.63, 3.8) is 0 Å². The summed E-state index contributed by atoms with van der Waals surface area (Å²) in [7, 11) is 1.69. The van der Waals surface area contributed by atoms with Crippen molar-refractivity contribution in [1.29, 1.82) is 0 Å². The third kappa shape index (κ3) is 4.78. The van der Waals surface area contributed by atoms with Gasteiger partial charge in [0, 0.05) is 39.8 Å². The van der Waals surface area contributed by atoms with Crippen LogP contribution in [-0.2, 0) is 19.1 Å². The molecule has 0 bridgehead atoms. The van der Waals surface area contributed by atoms with E-state index in [1.807, 2.05) is 30.3 Å². The number of benzene rings is 1. The van der Waals surface area contributed by atoms with Crippen LogP contribution < -0.4 is 0 Å². The Balaban J connectivity index is 1.81. The quantitative estimate of drug-likeness (QED) is 0.654. The lowest BCUT2D eigenvalue weighted by molar-refractivity contribution is -0.161. The number of methoxy groups -OCH3 is 1. The molecule has 29 heavy (non-hydrogen) atoms. The van der Waals surface area contributed by atoms with Crippen LogP contribution in [0.1, 0.15) is 44.2 Å². The third-order valence-corrected chi connectivity index (χ3v) is 5.87. The summed E-state index contributed by atoms with van der Waals surface area (Å²) in [6.07, 6.45) is 3.56. The van der Waals surface area contributed by atoms with Crippen LogP contribution in [0.5, 0.6) is 0 Å². The van der Waals surface area contributed by atoms with Gasteiger partial charge in [0.1, 0.15) is 6.04 Å². The normalized spacial score (nSPS) is 19.6. The molecule has 0 spiro atoms. The van der Waals surface area contributed by atoms with Crippen LogP contribution >= 0.6 is 0 Å². The molecular weight excluding hydrogens is 370 g/mol. The van der Waals surface area contributed by atoms with Crippen LogP contribution in [0, 0.1) is 0 Å². The van der Waals surface area contributed by atoms with Crippen molar-refractivity contribution in [2.24, 2.45) is 0 Å². The van der Waals surface area contributed by atoms with Gasteiger partial charge in [-0.15, -0.1) is 0 Å². The van der Waals surface area contributed by atoms with Gasteiger partial charge in [-0.05, 0) is 24.8 Å². The summed E-state index contributed by atoms with van der Waals surface area (Å²) >= 11 is 0. The van der Waals surface area contributed by atoms with Crippen LogP contribution in [-0.4, -0.2) is 78.4 Å². The first-order valence-corrected chi connectivity index (χ1v) is 10.5. The molecule has 0 aliphatic carbocycles. The summed E-state index contributed by atoms with van der Waals surface area (Å²) in [5.41, 5.74) is 0.745. The second-order valence-electron chi connectivity index (χ2n) is 7.72. The minimum atomic E-state index is -0.764. The molecular formula is C22H31N3O4. The van der Waals surface area contributed by atoms with Crippen LogP contribution in [0.4, 0.5) is 0 Å². The molecule has 1 atom stereocenters. The lowest BCUT2D eigenvalue weighted by atomic mass is 10.00. The molecule has 3 rings (SSSR count). The molecule has 0 N–H and O–H groups in total. The summed E-state index contributed by atoms with van der Waals surface area (Å²) in [6.45, 7) is 4.67. The molecule has 2 aliphatic rings. The number of nitrogens with zero attached hydrogens (tertiary/aromatic N) is 3. The summed E-state index contributed by atoms with van der Waals surface area (Å²) in [4.78, 5) is 43.9. The Hall–Kier alpha value is -2.41. The molecule has 0 aromatic heterocycles. The van der Waals surface area contributed by atoms with Crippen molar-refractivity contribution < 1.29 is 19.1 Å². The number of piperidine rings is 1. The molecule has 0 radical (unpaired) electrons. The number of likely N-dealkylation sites (tertiary alicyclic amines) is 1. The standard InChI is InChI=1S/C22H31N3O4/c1-3-4-12-23-15-16-25(22(28)21(23)27)19(17-8-6-5-7-9-17)20(26)24-13-10-18(29-2)11-14-24/h5-9,18-19H,3-4,10-16H2,1-2H3/t19-/m1/s1. The van der Waals surface area contributed by atoms with E-state index >= 15 is 0 Å². The second kappa shape index (κ2) is 9.87. The number of piperazine rings is 1. The Kier molecular flexibility index (Phi) is 7.25. The van der Waals surface area contributed by atoms with Crippen LogP contribution in [0.3, 0.4) is 0 Å². The van der Waals surface area contributed by atoms with Crippen molar-refractivity contribution >= 4 is 17.7 Å². The fraction of sp³-hybridized carbons (Fsp3) is 0.591. The lowest BCUT2D eigenvalue weighted by Gasteiger charge is -2.41. The monoisotopic (exact) mass is 401 g/mol. The fourth-order valence-electron chi connectivity index (χ4n) is 4.07. The molecule has 2 aliphatic heterocycles. The molecule has 3 amide bonds. The van der Waals surface area contributed by atoms with E-state index in [4.69, 9.17) is 4.74 Å². The van der Waals surface area contributed by atoms with Gasteiger partial charge >= 0.3 is 11.8 Å². The zero-order valence-electron chi connectivity index (χ0n) is 17.4. The van der Waals surface area contributed by atoms with Crippen LogP contribution in [0.25, 0.3) is 0 Å². The van der Waals surface area contributed by atoms with Gasteiger partial charge in [0.2, 0.25) is 5.91 Å². The Bertz CT molecular complexity index is 716. The molecule has 7 heteroatoms. The average molecular weight is 402 g/mol. The highest BCUT2D eigenvalue weighted by atomic mass is 16.5. The summed E-state index contributed by atoms with van der Waals surface area (Å²) in [5, 5.41) is 0. The first-order valence-electron chi connectivity index (χ1n) is 10.5. The lowest BCUT2D eigenvalue weighted by Crippen LogP contribution is -2.58. The zero-order chi connectivity index (χ0) is 20.8. The summed E-state index contributed by atoms with van der Waals surface area (Å²) in [6, 6.07) is 8.54. The molecule has 1 aromatic carbocycles. The van der Waals surface area contributed by atoms with Gasteiger partial charge in [-0.25, -0.2) is 0 Å². The number of carbonyl (C=O) groups excluding carboxylic acids is 3. The molecule has 1 aromatic rings. The third-order valence-electron chi connectivity index (χ3n) is 5.87. The number of rotatable bonds is 7. The number of unbranched alkanes of at least 4 members (excludes halogenated alkanes) is 1. The largest absolute Gasteiger partial charge is 0.381 e. The van der Waals surface area contributed by atoms with E-state index in [-0.39, 0.29) is 12.0 Å². The number of carbonyl (C=O) groups is 3. The predicted octanol–water partition coefficient (Wildman–Crippen LogP) is 1.84. The van der Waals surface area contributed by atoms with Gasteiger partial charge in [-0.1, -0.05) is 43.7 Å². The molecule has 0 saturated carbocycles. The van der Waals surface area contributed by atoms with Crippen LogP contribution in [0.15, 0.2) is 30.3 Å². The average Bonchev–Trinajstić information content (AvgIpc) is 2.77. The number of hydrogen-bond acceptors (Lipinski definition) is 4. The van der Waals surface area contributed by atoms with Crippen molar-refractivity contribution in [2.75, 3.05) is 39.8 Å². The van der Waals surface area contributed by atoms with E-state index < -0.39 is 17.9 Å². The van der Waals surface area contributed by atoms with Crippen molar-refractivity contribution in [1.82, 2.24) is 14.7 Å². The Morgan fingerprint density at radius 2 is 1.76 bits per heavy atom. The Morgan fingerprint density at radius 3 is 2.38 bits per heavy atom. The number of ether oxygens (including phenoxy) is 1. The van der Waals surface area contributed by atoms with Gasteiger partial charge < -0.3 is 19.4 Å². The van der Waals surface area contributed by atoms with E-state index in [1.165, 1.54) is 4.90 Å². The van der Waals surface area contributed by atoms with E-state index in [2.05, 4.69) is 6.92 Å². The molecule has 2 fully saturated rings. The van der Waals surface area contributed by atoms with Crippen molar-refractivity contribution in [2.45, 2.75) is 44.8 Å². The molecule has 0 unspecified atom stereocenters. The summed E-state index contributed by atoms with van der Waals surface area (Å²) < 4.78 is 5.40. The van der Waals surface area contributed by atoms with Crippen molar-refractivity contribution in [3.05, 3.63) is 35.9 Å².